The number of allylic oxidation sites excluding steroid dienone is 3. The maximum Gasteiger partial charge on any atom is 0.271 e. The van der Waals surface area contributed by atoms with E-state index in [0.717, 1.165) is 0 Å². The molecule has 1 aliphatic heterocycles. The van der Waals surface area contributed by atoms with Crippen molar-refractivity contribution in [3.05, 3.63) is 23.9 Å². The lowest BCUT2D eigenvalue weighted by Crippen LogP contribution is -2.20. The van der Waals surface area contributed by atoms with Gasteiger partial charge in [0.1, 0.15) is 0 Å². The Morgan fingerprint density at radius 3 is 2.50 bits per heavy atom. The predicted octanol–water partition coefficient (Wildman–Crippen LogP) is 2.20. The number of hydrogen-bond acceptors (Lipinski definition) is 0. The van der Waals surface area contributed by atoms with Gasteiger partial charge in [-0.25, -0.2) is 0 Å². The van der Waals surface area contributed by atoms with Crippen molar-refractivity contribution in [2.75, 3.05) is 0 Å². The fourth-order valence-corrected chi connectivity index (χ4v) is 1.95. The molecule has 0 aromatic rings. The van der Waals surface area contributed by atoms with Gasteiger partial charge < -0.3 is 4.11 Å². The summed E-state index contributed by atoms with van der Waals surface area (Å²) in [6, 6.07) is 0.656. The molecule has 0 aliphatic carbocycles. The van der Waals surface area contributed by atoms with Crippen molar-refractivity contribution in [3.63, 3.8) is 0 Å². The molecule has 0 aromatic carbocycles. The Balaban J connectivity index is 2.65. The highest BCUT2D eigenvalue weighted by Crippen LogP contribution is 2.16. The van der Waals surface area contributed by atoms with Gasteiger partial charge in [0.15, 0.2) is 0 Å². The molecule has 0 N–H and O–H groups in total. The van der Waals surface area contributed by atoms with E-state index < -0.39 is 8.41 Å². The Morgan fingerprint density at radius 1 is 1.50 bits per heavy atom. The molecule has 0 fully saturated rings. The molecule has 8 heavy (non-hydrogen) atoms. The topological polar surface area (TPSA) is 0 Å². The molecule has 0 amide bonds. The Bertz CT molecular complexity index is 135. The Hall–Kier alpha value is -0.373. The van der Waals surface area contributed by atoms with Gasteiger partial charge in [0.25, 0.3) is 8.41 Å². The van der Waals surface area contributed by atoms with Crippen LogP contribution in [0.25, 0.3) is 0 Å². The third kappa shape index (κ3) is 1.30. The lowest BCUT2D eigenvalue weighted by Gasteiger charge is -2.10. The van der Waals surface area contributed by atoms with Crippen LogP contribution in [0.4, 0.5) is 4.11 Å². The number of hydrogen-bond donors (Lipinski definition) is 0. The first-order chi connectivity index (χ1) is 3.71. The molecule has 2 heteroatoms. The van der Waals surface area contributed by atoms with Crippen LogP contribution in [-0.2, 0) is 0 Å². The third-order valence-corrected chi connectivity index (χ3v) is 3.13. The van der Waals surface area contributed by atoms with Crippen LogP contribution >= 0.6 is 0 Å². The standard InChI is InChI=1S/C6H9FSi/c1-8(7)5-3-2-4-6-8/h2-5H,6H2,1H3. The zero-order valence-corrected chi connectivity index (χ0v) is 5.89. The summed E-state index contributed by atoms with van der Waals surface area (Å²) < 4.78 is 12.9. The van der Waals surface area contributed by atoms with Crippen LogP contribution in [0.5, 0.6) is 0 Å². The van der Waals surface area contributed by atoms with E-state index >= 15 is 0 Å². The van der Waals surface area contributed by atoms with E-state index in [2.05, 4.69) is 0 Å². The average Bonchev–Trinajstić information content (AvgIpc) is 1.65. The van der Waals surface area contributed by atoms with E-state index in [1.807, 2.05) is 12.2 Å². The molecule has 0 radical (unpaired) electrons. The van der Waals surface area contributed by atoms with Crippen LogP contribution in [-0.4, -0.2) is 8.41 Å². The van der Waals surface area contributed by atoms with Crippen molar-refractivity contribution in [2.45, 2.75) is 12.6 Å². The lowest BCUT2D eigenvalue weighted by atomic mass is 10.5. The van der Waals surface area contributed by atoms with Crippen molar-refractivity contribution >= 4 is 8.41 Å². The molecule has 0 nitrogen and oxygen atoms in total. The van der Waals surface area contributed by atoms with Gasteiger partial charge in [0, 0.05) is 0 Å². The third-order valence-electron chi connectivity index (χ3n) is 1.21. The van der Waals surface area contributed by atoms with Crippen LogP contribution in [0, 0.1) is 0 Å². The summed E-state index contributed by atoms with van der Waals surface area (Å²) in [5, 5.41) is 0. The van der Waals surface area contributed by atoms with Gasteiger partial charge in [0.05, 0.1) is 0 Å². The summed E-state index contributed by atoms with van der Waals surface area (Å²) in [5.74, 6) is 0. The maximum atomic E-state index is 12.9. The Labute approximate surface area is 49.9 Å². The fraction of sp³-hybridized carbons (Fsp3) is 0.333. The van der Waals surface area contributed by atoms with Crippen LogP contribution < -0.4 is 0 Å². The molecule has 1 rings (SSSR count). The fourth-order valence-electron chi connectivity index (χ4n) is 0.701. The highest BCUT2D eigenvalue weighted by molar-refractivity contribution is 6.77. The Kier molecular flexibility index (Phi) is 1.34. The van der Waals surface area contributed by atoms with Crippen molar-refractivity contribution in [1.82, 2.24) is 0 Å². The largest absolute Gasteiger partial charge is 0.308 e. The molecule has 1 aliphatic rings. The molecular weight excluding hydrogens is 119 g/mol. The SMILES string of the molecule is C[Si]1(F)C=CC=CC1. The monoisotopic (exact) mass is 128 g/mol. The highest BCUT2D eigenvalue weighted by Gasteiger charge is 2.22. The first-order valence-electron chi connectivity index (χ1n) is 2.74. The molecule has 0 saturated carbocycles. The molecule has 0 aromatic heterocycles. The van der Waals surface area contributed by atoms with Gasteiger partial charge in [-0.05, 0) is 12.6 Å². The molecule has 1 atom stereocenters. The minimum Gasteiger partial charge on any atom is -0.308 e. The van der Waals surface area contributed by atoms with Crippen molar-refractivity contribution in [1.29, 1.82) is 0 Å². The molecular formula is C6H9FSi. The molecule has 0 bridgehead atoms. The van der Waals surface area contributed by atoms with E-state index in [1.54, 1.807) is 18.3 Å². The predicted molar refractivity (Wildman–Crippen MR) is 35.8 cm³/mol. The van der Waals surface area contributed by atoms with E-state index in [4.69, 9.17) is 0 Å². The lowest BCUT2D eigenvalue weighted by molar-refractivity contribution is 0.808. The second-order valence-corrected chi connectivity index (χ2v) is 5.57. The summed E-state index contributed by atoms with van der Waals surface area (Å²) in [4.78, 5) is 0. The Morgan fingerprint density at radius 2 is 2.25 bits per heavy atom. The summed E-state index contributed by atoms with van der Waals surface area (Å²) in [5.41, 5.74) is 1.72. The van der Waals surface area contributed by atoms with Crippen molar-refractivity contribution < 1.29 is 4.11 Å². The number of rotatable bonds is 0. The van der Waals surface area contributed by atoms with Gasteiger partial charge in [-0.2, -0.15) is 0 Å². The zero-order valence-electron chi connectivity index (χ0n) is 4.89. The van der Waals surface area contributed by atoms with Crippen LogP contribution in [0.3, 0.4) is 0 Å². The minimum absolute atomic E-state index is 0.656. The van der Waals surface area contributed by atoms with Crippen molar-refractivity contribution in [3.8, 4) is 0 Å². The molecule has 0 spiro atoms. The average molecular weight is 128 g/mol. The smallest absolute Gasteiger partial charge is 0.271 e. The number of halogens is 1. The van der Waals surface area contributed by atoms with Gasteiger partial charge in [-0.15, -0.1) is 0 Å². The second-order valence-electron chi connectivity index (χ2n) is 2.27. The zero-order chi connectivity index (χ0) is 6.04. The minimum atomic E-state index is -2.36. The quantitative estimate of drug-likeness (QED) is 0.346. The molecule has 1 unspecified atom stereocenters. The van der Waals surface area contributed by atoms with E-state index in [9.17, 15) is 4.11 Å². The molecule has 1 heterocycles. The van der Waals surface area contributed by atoms with Gasteiger partial charge in [0.2, 0.25) is 0 Å². The summed E-state index contributed by atoms with van der Waals surface area (Å²) in [6.07, 6.45) is 5.59. The summed E-state index contributed by atoms with van der Waals surface area (Å²) >= 11 is 0. The van der Waals surface area contributed by atoms with Gasteiger partial charge >= 0.3 is 0 Å². The van der Waals surface area contributed by atoms with E-state index in [0.29, 0.717) is 6.04 Å². The first kappa shape index (κ1) is 5.76. The van der Waals surface area contributed by atoms with E-state index in [1.165, 1.54) is 0 Å². The van der Waals surface area contributed by atoms with Crippen LogP contribution in [0.15, 0.2) is 23.9 Å². The van der Waals surface area contributed by atoms with Gasteiger partial charge in [-0.1, -0.05) is 23.9 Å². The van der Waals surface area contributed by atoms with E-state index in [-0.39, 0.29) is 0 Å². The van der Waals surface area contributed by atoms with Gasteiger partial charge in [-0.3, -0.25) is 0 Å². The maximum absolute atomic E-state index is 12.9. The highest BCUT2D eigenvalue weighted by atomic mass is 28.4. The second kappa shape index (κ2) is 1.86. The first-order valence-corrected chi connectivity index (χ1v) is 5.40. The van der Waals surface area contributed by atoms with Crippen molar-refractivity contribution in [2.24, 2.45) is 0 Å². The molecule has 44 valence electrons. The summed E-state index contributed by atoms with van der Waals surface area (Å²) in [6.45, 7) is 1.72. The summed E-state index contributed by atoms with van der Waals surface area (Å²) in [7, 11) is -2.36. The van der Waals surface area contributed by atoms with Crippen LogP contribution in [0.2, 0.25) is 12.6 Å². The molecule has 0 saturated heterocycles. The van der Waals surface area contributed by atoms with Crippen LogP contribution in [0.1, 0.15) is 0 Å². The normalized spacial score (nSPS) is 35.8.